The van der Waals surface area contributed by atoms with Crippen LogP contribution in [0, 0.1) is 12.8 Å². The van der Waals surface area contributed by atoms with E-state index < -0.39 is 5.97 Å². The molecule has 0 aliphatic carbocycles. The number of carbonyl (C=O) groups is 1. The van der Waals surface area contributed by atoms with Crippen LogP contribution in [0.5, 0.6) is 0 Å². The predicted octanol–water partition coefficient (Wildman–Crippen LogP) is 2.37. The fraction of sp³-hybridized carbons (Fsp3) is 0.615. The summed E-state index contributed by atoms with van der Waals surface area (Å²) in [6.07, 6.45) is 3.69. The van der Waals surface area contributed by atoms with Gasteiger partial charge in [0.15, 0.2) is 5.69 Å². The Balaban J connectivity index is 2.59. The summed E-state index contributed by atoms with van der Waals surface area (Å²) in [7, 11) is 0. The van der Waals surface area contributed by atoms with Crippen LogP contribution in [0.4, 0.5) is 0 Å². The van der Waals surface area contributed by atoms with Crippen molar-refractivity contribution >= 4 is 5.97 Å². The highest BCUT2D eigenvalue weighted by molar-refractivity contribution is 5.88. The Labute approximate surface area is 108 Å². The average molecular weight is 251 g/mol. The molecule has 0 radical (unpaired) electrons. The van der Waals surface area contributed by atoms with Crippen molar-refractivity contribution in [2.24, 2.45) is 5.92 Å². The number of hydrogen-bond acceptors (Lipinski definition) is 4. The summed E-state index contributed by atoms with van der Waals surface area (Å²) in [6, 6.07) is 0. The van der Waals surface area contributed by atoms with Crippen LogP contribution < -0.4 is 0 Å². The van der Waals surface area contributed by atoms with Gasteiger partial charge in [-0.1, -0.05) is 31.7 Å². The summed E-state index contributed by atoms with van der Waals surface area (Å²) in [4.78, 5) is 11.6. The van der Waals surface area contributed by atoms with Gasteiger partial charge in [-0.05, 0) is 25.7 Å². The maximum Gasteiger partial charge on any atom is 0.361 e. The zero-order valence-electron chi connectivity index (χ0n) is 11.3. The minimum Gasteiger partial charge on any atom is -0.457 e. The van der Waals surface area contributed by atoms with E-state index in [1.165, 1.54) is 6.08 Å². The summed E-state index contributed by atoms with van der Waals surface area (Å²) in [5.41, 5.74) is 1.05. The minimum atomic E-state index is -0.442. The lowest BCUT2D eigenvalue weighted by atomic mass is 10.1. The van der Waals surface area contributed by atoms with Gasteiger partial charge in [-0.3, -0.25) is 0 Å². The molecule has 5 heteroatoms. The van der Waals surface area contributed by atoms with E-state index in [-0.39, 0.29) is 6.61 Å². The number of aryl methyl sites for hydroxylation is 1. The molecular formula is C13H21N3O2. The van der Waals surface area contributed by atoms with Gasteiger partial charge < -0.3 is 4.74 Å². The summed E-state index contributed by atoms with van der Waals surface area (Å²) >= 11 is 0. The Bertz CT molecular complexity index is 410. The van der Waals surface area contributed by atoms with Crippen LogP contribution in [0.2, 0.25) is 0 Å². The van der Waals surface area contributed by atoms with E-state index in [1.54, 1.807) is 4.68 Å². The SMILES string of the molecule is C=CCOC(=O)c1nnn(CCCC(C)C)c1C. The molecule has 5 nitrogen and oxygen atoms in total. The Hall–Kier alpha value is -1.65. The van der Waals surface area contributed by atoms with Crippen molar-refractivity contribution in [2.45, 2.75) is 40.2 Å². The molecule has 0 atom stereocenters. The molecule has 1 aromatic rings. The van der Waals surface area contributed by atoms with E-state index in [9.17, 15) is 4.79 Å². The van der Waals surface area contributed by atoms with E-state index in [4.69, 9.17) is 4.74 Å². The molecule has 0 spiro atoms. The minimum absolute atomic E-state index is 0.193. The zero-order chi connectivity index (χ0) is 13.5. The third kappa shape index (κ3) is 3.98. The van der Waals surface area contributed by atoms with Crippen LogP contribution in [0.15, 0.2) is 12.7 Å². The van der Waals surface area contributed by atoms with Crippen molar-refractivity contribution in [2.75, 3.05) is 6.61 Å². The second-order valence-corrected chi connectivity index (χ2v) is 4.67. The predicted molar refractivity (Wildman–Crippen MR) is 69.3 cm³/mol. The van der Waals surface area contributed by atoms with Crippen molar-refractivity contribution in [3.63, 3.8) is 0 Å². The Morgan fingerprint density at radius 2 is 2.28 bits per heavy atom. The van der Waals surface area contributed by atoms with Crippen LogP contribution in [0.1, 0.15) is 42.9 Å². The quantitative estimate of drug-likeness (QED) is 0.551. The van der Waals surface area contributed by atoms with E-state index in [1.807, 2.05) is 6.92 Å². The topological polar surface area (TPSA) is 57.0 Å². The molecule has 0 fully saturated rings. The molecule has 1 aromatic heterocycles. The summed E-state index contributed by atoms with van der Waals surface area (Å²) in [5.74, 6) is 0.230. The molecule has 0 amide bonds. The number of carbonyl (C=O) groups excluding carboxylic acids is 1. The molecule has 0 aliphatic heterocycles. The van der Waals surface area contributed by atoms with Gasteiger partial charge in [-0.2, -0.15) is 0 Å². The van der Waals surface area contributed by atoms with Crippen molar-refractivity contribution in [1.29, 1.82) is 0 Å². The molecule has 1 rings (SSSR count). The second kappa shape index (κ2) is 6.93. The number of hydrogen-bond donors (Lipinski definition) is 0. The van der Waals surface area contributed by atoms with Gasteiger partial charge in [0.25, 0.3) is 0 Å². The highest BCUT2D eigenvalue weighted by Gasteiger charge is 2.17. The molecule has 18 heavy (non-hydrogen) atoms. The molecule has 0 aliphatic rings. The van der Waals surface area contributed by atoms with Gasteiger partial charge in [0, 0.05) is 6.54 Å². The molecule has 0 unspecified atom stereocenters. The smallest absolute Gasteiger partial charge is 0.361 e. The summed E-state index contributed by atoms with van der Waals surface area (Å²) in [6.45, 7) is 10.7. The third-order valence-corrected chi connectivity index (χ3v) is 2.66. The third-order valence-electron chi connectivity index (χ3n) is 2.66. The fourth-order valence-corrected chi connectivity index (χ4v) is 1.61. The maximum absolute atomic E-state index is 11.6. The number of esters is 1. The van der Waals surface area contributed by atoms with Crippen LogP contribution in [-0.2, 0) is 11.3 Å². The molecule has 1 heterocycles. The molecule has 0 bridgehead atoms. The van der Waals surface area contributed by atoms with Gasteiger partial charge in [0.05, 0.1) is 5.69 Å². The van der Waals surface area contributed by atoms with Crippen LogP contribution >= 0.6 is 0 Å². The summed E-state index contributed by atoms with van der Waals surface area (Å²) < 4.78 is 6.70. The fourth-order valence-electron chi connectivity index (χ4n) is 1.61. The molecule has 0 saturated heterocycles. The lowest BCUT2D eigenvalue weighted by Crippen LogP contribution is -2.09. The van der Waals surface area contributed by atoms with Gasteiger partial charge in [-0.15, -0.1) is 5.10 Å². The number of nitrogens with zero attached hydrogens (tertiary/aromatic N) is 3. The molecular weight excluding hydrogens is 230 g/mol. The molecule has 0 aromatic carbocycles. The first-order chi connectivity index (χ1) is 8.56. The lowest BCUT2D eigenvalue weighted by molar-refractivity contribution is 0.0542. The Morgan fingerprint density at radius 1 is 1.56 bits per heavy atom. The Morgan fingerprint density at radius 3 is 2.89 bits per heavy atom. The van der Waals surface area contributed by atoms with Crippen molar-refractivity contribution in [1.82, 2.24) is 15.0 Å². The van der Waals surface area contributed by atoms with Gasteiger partial charge in [0.1, 0.15) is 6.61 Å². The maximum atomic E-state index is 11.6. The van der Waals surface area contributed by atoms with E-state index in [0.29, 0.717) is 11.6 Å². The number of rotatable bonds is 7. The van der Waals surface area contributed by atoms with Crippen molar-refractivity contribution in [3.8, 4) is 0 Å². The summed E-state index contributed by atoms with van der Waals surface area (Å²) in [5, 5.41) is 7.85. The normalized spacial score (nSPS) is 10.7. The Kier molecular flexibility index (Phi) is 5.55. The average Bonchev–Trinajstić information content (AvgIpc) is 2.68. The number of ether oxygens (including phenoxy) is 1. The largest absolute Gasteiger partial charge is 0.457 e. The van der Waals surface area contributed by atoms with E-state index >= 15 is 0 Å². The number of aromatic nitrogens is 3. The van der Waals surface area contributed by atoms with Crippen LogP contribution in [-0.4, -0.2) is 27.6 Å². The van der Waals surface area contributed by atoms with Crippen molar-refractivity contribution in [3.05, 3.63) is 24.0 Å². The van der Waals surface area contributed by atoms with E-state index in [2.05, 4.69) is 30.7 Å². The first-order valence-electron chi connectivity index (χ1n) is 6.24. The highest BCUT2D eigenvalue weighted by Crippen LogP contribution is 2.09. The van der Waals surface area contributed by atoms with Gasteiger partial charge in [0.2, 0.25) is 0 Å². The molecule has 0 saturated carbocycles. The highest BCUT2D eigenvalue weighted by atomic mass is 16.5. The second-order valence-electron chi connectivity index (χ2n) is 4.67. The molecule has 0 N–H and O–H groups in total. The monoisotopic (exact) mass is 251 g/mol. The van der Waals surface area contributed by atoms with Crippen LogP contribution in [0.25, 0.3) is 0 Å². The van der Waals surface area contributed by atoms with E-state index in [0.717, 1.165) is 25.1 Å². The van der Waals surface area contributed by atoms with Gasteiger partial charge >= 0.3 is 5.97 Å². The first-order valence-corrected chi connectivity index (χ1v) is 6.24. The lowest BCUT2D eigenvalue weighted by Gasteiger charge is -2.05. The van der Waals surface area contributed by atoms with Crippen molar-refractivity contribution < 1.29 is 9.53 Å². The van der Waals surface area contributed by atoms with Gasteiger partial charge in [-0.25, -0.2) is 9.48 Å². The zero-order valence-corrected chi connectivity index (χ0v) is 11.3. The first kappa shape index (κ1) is 14.4. The van der Waals surface area contributed by atoms with Crippen LogP contribution in [0.3, 0.4) is 0 Å². The standard InChI is InChI=1S/C13H21N3O2/c1-5-9-18-13(17)12-11(4)16(15-14-12)8-6-7-10(2)3/h5,10H,1,6-9H2,2-4H3. The molecule has 100 valence electrons.